The van der Waals surface area contributed by atoms with Gasteiger partial charge in [0.1, 0.15) is 0 Å². The zero-order valence-corrected chi connectivity index (χ0v) is 12.7. The second-order valence-electron chi connectivity index (χ2n) is 5.18. The first kappa shape index (κ1) is 14.8. The van der Waals surface area contributed by atoms with Crippen molar-refractivity contribution in [3.05, 3.63) is 28.2 Å². The molecule has 6 heteroatoms. The molecular formula is C14H17BrN2O3. The second-order valence-corrected chi connectivity index (χ2v) is 6.03. The Morgan fingerprint density at radius 2 is 2.15 bits per heavy atom. The molecule has 0 saturated heterocycles. The van der Waals surface area contributed by atoms with Crippen molar-refractivity contribution in [3.63, 3.8) is 0 Å². The maximum Gasteiger partial charge on any atom is 0.335 e. The first-order valence-corrected chi connectivity index (χ1v) is 7.35. The SMILES string of the molecule is CC(CC1CC1)NC(=O)Nc1cc(C(=O)O)ccc1Br. The Morgan fingerprint density at radius 3 is 2.75 bits per heavy atom. The van der Waals surface area contributed by atoms with Crippen molar-refractivity contribution >= 4 is 33.6 Å². The molecular weight excluding hydrogens is 324 g/mol. The van der Waals surface area contributed by atoms with Crippen LogP contribution in [0.2, 0.25) is 0 Å². The number of halogens is 1. The molecule has 108 valence electrons. The quantitative estimate of drug-likeness (QED) is 0.767. The Kier molecular flexibility index (Phi) is 4.65. The molecule has 5 nitrogen and oxygen atoms in total. The van der Waals surface area contributed by atoms with Gasteiger partial charge in [-0.3, -0.25) is 0 Å². The van der Waals surface area contributed by atoms with E-state index in [1.54, 1.807) is 6.07 Å². The minimum Gasteiger partial charge on any atom is -0.478 e. The minimum atomic E-state index is -1.02. The van der Waals surface area contributed by atoms with Crippen molar-refractivity contribution in [3.8, 4) is 0 Å². The summed E-state index contributed by atoms with van der Waals surface area (Å²) in [6.07, 6.45) is 3.49. The Morgan fingerprint density at radius 1 is 1.45 bits per heavy atom. The van der Waals surface area contributed by atoms with Crippen LogP contribution in [0.4, 0.5) is 10.5 Å². The summed E-state index contributed by atoms with van der Waals surface area (Å²) in [5, 5.41) is 14.5. The number of hydrogen-bond donors (Lipinski definition) is 3. The van der Waals surface area contributed by atoms with E-state index in [1.807, 2.05) is 6.92 Å². The average Bonchev–Trinajstić information content (AvgIpc) is 3.15. The van der Waals surface area contributed by atoms with Crippen molar-refractivity contribution in [1.82, 2.24) is 5.32 Å². The van der Waals surface area contributed by atoms with E-state index in [0.717, 1.165) is 12.3 Å². The number of aromatic carboxylic acids is 1. The number of amides is 2. The Balaban J connectivity index is 1.95. The highest BCUT2D eigenvalue weighted by molar-refractivity contribution is 9.10. The van der Waals surface area contributed by atoms with Crippen molar-refractivity contribution in [2.24, 2.45) is 5.92 Å². The van der Waals surface area contributed by atoms with E-state index in [9.17, 15) is 9.59 Å². The molecule has 1 aromatic carbocycles. The van der Waals surface area contributed by atoms with E-state index in [1.165, 1.54) is 25.0 Å². The highest BCUT2D eigenvalue weighted by atomic mass is 79.9. The maximum atomic E-state index is 11.9. The molecule has 2 rings (SSSR count). The number of carbonyl (C=O) groups excluding carboxylic acids is 1. The molecule has 1 aliphatic rings. The zero-order valence-electron chi connectivity index (χ0n) is 11.1. The smallest absolute Gasteiger partial charge is 0.335 e. The van der Waals surface area contributed by atoms with Gasteiger partial charge in [0.25, 0.3) is 0 Å². The summed E-state index contributed by atoms with van der Waals surface area (Å²) in [6, 6.07) is 4.31. The monoisotopic (exact) mass is 340 g/mol. The van der Waals surface area contributed by atoms with Crippen molar-refractivity contribution in [2.45, 2.75) is 32.2 Å². The van der Waals surface area contributed by atoms with E-state index in [-0.39, 0.29) is 17.6 Å². The molecule has 2 amide bonds. The molecule has 0 aromatic heterocycles. The van der Waals surface area contributed by atoms with Crippen LogP contribution in [0.15, 0.2) is 22.7 Å². The zero-order chi connectivity index (χ0) is 14.7. The molecule has 0 aliphatic heterocycles. The minimum absolute atomic E-state index is 0.115. The van der Waals surface area contributed by atoms with Gasteiger partial charge in [0.05, 0.1) is 11.3 Å². The number of rotatable bonds is 5. The molecule has 20 heavy (non-hydrogen) atoms. The van der Waals surface area contributed by atoms with Crippen LogP contribution < -0.4 is 10.6 Å². The molecule has 1 fully saturated rings. The van der Waals surface area contributed by atoms with Gasteiger partial charge < -0.3 is 15.7 Å². The Hall–Kier alpha value is -1.56. The lowest BCUT2D eigenvalue weighted by Gasteiger charge is -2.15. The molecule has 1 atom stereocenters. The van der Waals surface area contributed by atoms with Crippen LogP contribution in [0.5, 0.6) is 0 Å². The van der Waals surface area contributed by atoms with Gasteiger partial charge in [-0.15, -0.1) is 0 Å². The fraction of sp³-hybridized carbons (Fsp3) is 0.429. The summed E-state index contributed by atoms with van der Waals surface area (Å²) >= 11 is 3.29. The van der Waals surface area contributed by atoms with E-state index in [0.29, 0.717) is 10.2 Å². The molecule has 3 N–H and O–H groups in total. The number of carboxylic acid groups (broad SMARTS) is 1. The Bertz CT molecular complexity index is 529. The molecule has 0 radical (unpaired) electrons. The number of carbonyl (C=O) groups is 2. The third-order valence-corrected chi connectivity index (χ3v) is 3.91. The van der Waals surface area contributed by atoms with Gasteiger partial charge in [0, 0.05) is 10.5 Å². The van der Waals surface area contributed by atoms with Crippen LogP contribution in [0.1, 0.15) is 36.5 Å². The van der Waals surface area contributed by atoms with Crippen LogP contribution in [-0.2, 0) is 0 Å². The van der Waals surface area contributed by atoms with Gasteiger partial charge in [-0.1, -0.05) is 12.8 Å². The van der Waals surface area contributed by atoms with Crippen molar-refractivity contribution < 1.29 is 14.7 Å². The third kappa shape index (κ3) is 4.23. The highest BCUT2D eigenvalue weighted by Crippen LogP contribution is 2.33. The lowest BCUT2D eigenvalue weighted by atomic mass is 10.1. The van der Waals surface area contributed by atoms with Crippen LogP contribution in [0.25, 0.3) is 0 Å². The third-order valence-electron chi connectivity index (χ3n) is 3.22. The summed E-state index contributed by atoms with van der Waals surface area (Å²) < 4.78 is 0.646. The van der Waals surface area contributed by atoms with Gasteiger partial charge in [0.2, 0.25) is 0 Å². The van der Waals surface area contributed by atoms with Crippen molar-refractivity contribution in [1.29, 1.82) is 0 Å². The van der Waals surface area contributed by atoms with Crippen molar-refractivity contribution in [2.75, 3.05) is 5.32 Å². The van der Waals surface area contributed by atoms with E-state index >= 15 is 0 Å². The van der Waals surface area contributed by atoms with E-state index in [4.69, 9.17) is 5.11 Å². The summed E-state index contributed by atoms with van der Waals surface area (Å²) in [4.78, 5) is 22.8. The molecule has 0 heterocycles. The second kappa shape index (κ2) is 6.26. The standard InChI is InChI=1S/C14H17BrN2O3/c1-8(6-9-2-3-9)16-14(20)17-12-7-10(13(18)19)4-5-11(12)15/h4-5,7-9H,2-3,6H2,1H3,(H,18,19)(H2,16,17,20). The molecule has 1 saturated carbocycles. The number of urea groups is 1. The summed E-state index contributed by atoms with van der Waals surface area (Å²) in [7, 11) is 0. The fourth-order valence-electron chi connectivity index (χ4n) is 2.05. The van der Waals surface area contributed by atoms with Gasteiger partial charge in [-0.25, -0.2) is 9.59 Å². The molecule has 1 aromatic rings. The number of nitrogens with one attached hydrogen (secondary N) is 2. The first-order valence-electron chi connectivity index (χ1n) is 6.56. The predicted molar refractivity (Wildman–Crippen MR) is 80.1 cm³/mol. The molecule has 0 bridgehead atoms. The largest absolute Gasteiger partial charge is 0.478 e. The topological polar surface area (TPSA) is 78.4 Å². The Labute approximate surface area is 125 Å². The number of anilines is 1. The van der Waals surface area contributed by atoms with Crippen LogP contribution in [-0.4, -0.2) is 23.1 Å². The maximum absolute atomic E-state index is 11.9. The lowest BCUT2D eigenvalue weighted by Crippen LogP contribution is -2.36. The number of hydrogen-bond acceptors (Lipinski definition) is 2. The summed E-state index contributed by atoms with van der Waals surface area (Å²) in [5.74, 6) is -0.282. The van der Waals surface area contributed by atoms with Crippen LogP contribution in [0.3, 0.4) is 0 Å². The van der Waals surface area contributed by atoms with Gasteiger partial charge in [0.15, 0.2) is 0 Å². The summed E-state index contributed by atoms with van der Waals surface area (Å²) in [6.45, 7) is 1.97. The molecule has 1 aliphatic carbocycles. The van der Waals surface area contributed by atoms with E-state index < -0.39 is 5.97 Å². The predicted octanol–water partition coefficient (Wildman–Crippen LogP) is 3.46. The number of benzene rings is 1. The fourth-order valence-corrected chi connectivity index (χ4v) is 2.39. The van der Waals surface area contributed by atoms with Gasteiger partial charge >= 0.3 is 12.0 Å². The van der Waals surface area contributed by atoms with Crippen LogP contribution >= 0.6 is 15.9 Å². The summed E-state index contributed by atoms with van der Waals surface area (Å²) in [5.41, 5.74) is 0.579. The van der Waals surface area contributed by atoms with Crippen LogP contribution in [0, 0.1) is 5.92 Å². The number of carboxylic acids is 1. The van der Waals surface area contributed by atoms with Gasteiger partial charge in [-0.2, -0.15) is 0 Å². The van der Waals surface area contributed by atoms with E-state index in [2.05, 4.69) is 26.6 Å². The molecule has 1 unspecified atom stereocenters. The highest BCUT2D eigenvalue weighted by Gasteiger charge is 2.24. The average molecular weight is 341 g/mol. The first-order chi connectivity index (χ1) is 9.45. The molecule has 0 spiro atoms. The van der Waals surface area contributed by atoms with Gasteiger partial charge in [-0.05, 0) is 53.4 Å². The normalized spacial score (nSPS) is 15.5. The lowest BCUT2D eigenvalue weighted by molar-refractivity contribution is 0.0697.